The predicted molar refractivity (Wildman–Crippen MR) is 101 cm³/mol. The average Bonchev–Trinajstić information content (AvgIpc) is 2.71. The van der Waals surface area contributed by atoms with Gasteiger partial charge < -0.3 is 19.5 Å². The van der Waals surface area contributed by atoms with Gasteiger partial charge in [0.2, 0.25) is 0 Å². The van der Waals surface area contributed by atoms with Gasteiger partial charge in [-0.1, -0.05) is 6.07 Å². The Bertz CT molecular complexity index is 819. The van der Waals surface area contributed by atoms with Gasteiger partial charge in [-0.2, -0.15) is 5.10 Å². The van der Waals surface area contributed by atoms with Crippen LogP contribution < -0.4 is 25.0 Å². The number of methoxy groups -OCH3 is 3. The molecule has 0 fully saturated rings. The van der Waals surface area contributed by atoms with Gasteiger partial charge in [-0.3, -0.25) is 9.59 Å². The molecule has 0 heterocycles. The predicted octanol–water partition coefficient (Wildman–Crippen LogP) is 1.59. The summed E-state index contributed by atoms with van der Waals surface area (Å²) in [7, 11) is 4.59. The molecular weight excluding hydrogens is 350 g/mol. The number of nitrogens with one attached hydrogen (secondary N) is 2. The molecule has 0 unspecified atom stereocenters. The van der Waals surface area contributed by atoms with Gasteiger partial charge in [0.1, 0.15) is 5.75 Å². The zero-order chi connectivity index (χ0) is 19.6. The lowest BCUT2D eigenvalue weighted by Crippen LogP contribution is -2.34. The quantitative estimate of drug-likeness (QED) is 0.542. The number of carbonyl (C=O) groups is 2. The number of carbonyl (C=O) groups excluding carboxylic acids is 2. The van der Waals surface area contributed by atoms with Crippen LogP contribution in [0.4, 0.5) is 0 Å². The summed E-state index contributed by atoms with van der Waals surface area (Å²) in [5.74, 6) is 0.873. The molecule has 2 aromatic rings. The van der Waals surface area contributed by atoms with E-state index in [2.05, 4.69) is 15.8 Å². The number of benzene rings is 2. The molecule has 0 saturated heterocycles. The first-order valence-corrected chi connectivity index (χ1v) is 8.04. The molecule has 2 rings (SSSR count). The van der Waals surface area contributed by atoms with Gasteiger partial charge in [0.25, 0.3) is 11.8 Å². The van der Waals surface area contributed by atoms with E-state index in [9.17, 15) is 9.59 Å². The zero-order valence-electron chi connectivity index (χ0n) is 15.3. The number of hydrazone groups is 1. The highest BCUT2D eigenvalue weighted by Crippen LogP contribution is 2.29. The van der Waals surface area contributed by atoms with E-state index in [4.69, 9.17) is 14.2 Å². The fraction of sp³-hybridized carbons (Fsp3) is 0.211. The second-order valence-electron chi connectivity index (χ2n) is 5.29. The summed E-state index contributed by atoms with van der Waals surface area (Å²) in [5, 5.41) is 6.39. The topological polar surface area (TPSA) is 98.2 Å². The molecule has 8 heteroatoms. The molecule has 2 amide bonds. The third-order valence-electron chi connectivity index (χ3n) is 3.59. The van der Waals surface area contributed by atoms with Gasteiger partial charge >= 0.3 is 0 Å². The molecular formula is C19H21N3O5. The molecule has 2 aromatic carbocycles. The molecule has 0 saturated carbocycles. The SMILES string of the molecule is COc1ccc(C(=O)NCC(=O)N/N=C\c2cccc(OC)c2OC)cc1. The van der Waals surface area contributed by atoms with Crippen LogP contribution in [-0.4, -0.2) is 45.9 Å². The van der Waals surface area contributed by atoms with Crippen molar-refractivity contribution < 1.29 is 23.8 Å². The molecule has 2 N–H and O–H groups in total. The van der Waals surface area contributed by atoms with Crippen molar-refractivity contribution >= 4 is 18.0 Å². The largest absolute Gasteiger partial charge is 0.497 e. The maximum Gasteiger partial charge on any atom is 0.259 e. The maximum atomic E-state index is 12.0. The van der Waals surface area contributed by atoms with E-state index in [1.54, 1.807) is 49.6 Å². The summed E-state index contributed by atoms with van der Waals surface area (Å²) in [5.41, 5.74) is 3.41. The first-order chi connectivity index (χ1) is 13.1. The molecule has 27 heavy (non-hydrogen) atoms. The second-order valence-corrected chi connectivity index (χ2v) is 5.29. The van der Waals surface area contributed by atoms with Crippen molar-refractivity contribution in [1.82, 2.24) is 10.7 Å². The smallest absolute Gasteiger partial charge is 0.259 e. The minimum atomic E-state index is -0.463. The van der Waals surface area contributed by atoms with Crippen LogP contribution in [0.3, 0.4) is 0 Å². The highest BCUT2D eigenvalue weighted by molar-refractivity contribution is 5.96. The van der Waals surface area contributed by atoms with Gasteiger partial charge in [0.15, 0.2) is 11.5 Å². The van der Waals surface area contributed by atoms with Crippen LogP contribution in [0.5, 0.6) is 17.2 Å². The molecule has 0 atom stereocenters. The number of amides is 2. The van der Waals surface area contributed by atoms with Crippen molar-refractivity contribution in [3.8, 4) is 17.2 Å². The highest BCUT2D eigenvalue weighted by atomic mass is 16.5. The lowest BCUT2D eigenvalue weighted by atomic mass is 10.2. The molecule has 0 aliphatic carbocycles. The normalized spacial score (nSPS) is 10.3. The standard InChI is InChI=1S/C19H21N3O5/c1-25-15-9-7-13(8-10-15)19(24)20-12-17(23)22-21-11-14-5-4-6-16(26-2)18(14)27-3/h4-11H,12H2,1-3H3,(H,20,24)(H,22,23)/b21-11-. The molecule has 0 aliphatic rings. The summed E-state index contributed by atoms with van der Waals surface area (Å²) < 4.78 is 15.5. The lowest BCUT2D eigenvalue weighted by Gasteiger charge is -2.09. The van der Waals surface area contributed by atoms with Crippen LogP contribution in [0.15, 0.2) is 47.6 Å². The van der Waals surface area contributed by atoms with Gasteiger partial charge in [0, 0.05) is 11.1 Å². The van der Waals surface area contributed by atoms with Gasteiger partial charge in [-0.15, -0.1) is 0 Å². The first kappa shape index (κ1) is 19.8. The molecule has 0 spiro atoms. The Hall–Kier alpha value is -3.55. The Kier molecular flexibility index (Phi) is 7.18. The number of nitrogens with zero attached hydrogens (tertiary/aromatic N) is 1. The van der Waals surface area contributed by atoms with Crippen molar-refractivity contribution in [2.45, 2.75) is 0 Å². The van der Waals surface area contributed by atoms with Crippen molar-refractivity contribution in [2.75, 3.05) is 27.9 Å². The Balaban J connectivity index is 1.87. The van der Waals surface area contributed by atoms with Crippen molar-refractivity contribution in [1.29, 1.82) is 0 Å². The summed E-state index contributed by atoms with van der Waals surface area (Å²) >= 11 is 0. The monoisotopic (exact) mass is 371 g/mol. The van der Waals surface area contributed by atoms with Crippen molar-refractivity contribution in [3.63, 3.8) is 0 Å². The van der Waals surface area contributed by atoms with E-state index in [1.807, 2.05) is 0 Å². The Morgan fingerprint density at radius 1 is 1.00 bits per heavy atom. The van der Waals surface area contributed by atoms with E-state index in [0.717, 1.165) is 0 Å². The first-order valence-electron chi connectivity index (χ1n) is 8.04. The molecule has 0 aromatic heterocycles. The summed E-state index contributed by atoms with van der Waals surface area (Å²) in [6, 6.07) is 11.9. The van der Waals surface area contributed by atoms with Crippen LogP contribution in [0.1, 0.15) is 15.9 Å². The fourth-order valence-electron chi connectivity index (χ4n) is 2.23. The Labute approximate surface area is 157 Å². The van der Waals surface area contributed by atoms with E-state index in [-0.39, 0.29) is 12.5 Å². The van der Waals surface area contributed by atoms with Crippen LogP contribution in [0.25, 0.3) is 0 Å². The van der Waals surface area contributed by atoms with Crippen LogP contribution >= 0.6 is 0 Å². The highest BCUT2D eigenvalue weighted by Gasteiger charge is 2.09. The Morgan fingerprint density at radius 3 is 2.37 bits per heavy atom. The van der Waals surface area contributed by atoms with Crippen LogP contribution in [-0.2, 0) is 4.79 Å². The van der Waals surface area contributed by atoms with Gasteiger partial charge in [-0.25, -0.2) is 5.43 Å². The van der Waals surface area contributed by atoms with Crippen LogP contribution in [0, 0.1) is 0 Å². The Morgan fingerprint density at radius 2 is 1.74 bits per heavy atom. The molecule has 8 nitrogen and oxygen atoms in total. The van der Waals surface area contributed by atoms with Gasteiger partial charge in [0.05, 0.1) is 34.1 Å². The maximum absolute atomic E-state index is 12.0. The minimum Gasteiger partial charge on any atom is -0.497 e. The van der Waals surface area contributed by atoms with E-state index < -0.39 is 5.91 Å². The fourth-order valence-corrected chi connectivity index (χ4v) is 2.23. The number of ether oxygens (including phenoxy) is 3. The van der Waals surface area contributed by atoms with Crippen LogP contribution in [0.2, 0.25) is 0 Å². The van der Waals surface area contributed by atoms with E-state index >= 15 is 0 Å². The van der Waals surface area contributed by atoms with Crippen molar-refractivity contribution in [3.05, 3.63) is 53.6 Å². The third-order valence-corrected chi connectivity index (χ3v) is 3.59. The third kappa shape index (κ3) is 5.46. The summed E-state index contributed by atoms with van der Waals surface area (Å²) in [6.07, 6.45) is 1.44. The summed E-state index contributed by atoms with van der Waals surface area (Å²) in [4.78, 5) is 23.8. The average molecular weight is 371 g/mol. The van der Waals surface area contributed by atoms with Crippen molar-refractivity contribution in [2.24, 2.45) is 5.10 Å². The number of hydrogen-bond acceptors (Lipinski definition) is 6. The number of rotatable bonds is 8. The number of hydrogen-bond donors (Lipinski definition) is 2. The van der Waals surface area contributed by atoms with E-state index in [1.165, 1.54) is 20.4 Å². The summed E-state index contributed by atoms with van der Waals surface area (Å²) in [6.45, 7) is -0.211. The number of para-hydroxylation sites is 1. The molecule has 0 bridgehead atoms. The minimum absolute atomic E-state index is 0.211. The molecule has 0 radical (unpaired) electrons. The second kappa shape index (κ2) is 9.81. The van der Waals surface area contributed by atoms with E-state index in [0.29, 0.717) is 28.4 Å². The molecule has 0 aliphatic heterocycles. The van der Waals surface area contributed by atoms with Gasteiger partial charge in [-0.05, 0) is 36.4 Å². The lowest BCUT2D eigenvalue weighted by molar-refractivity contribution is -0.120. The zero-order valence-corrected chi connectivity index (χ0v) is 15.3. The molecule has 142 valence electrons.